The lowest BCUT2D eigenvalue weighted by molar-refractivity contribution is 0.104. The van der Waals surface area contributed by atoms with Crippen LogP contribution in [0.4, 0.5) is 0 Å². The SMILES string of the molecule is Cc1cc(C)cc(-c2ccc(OCCN(C)C)c(/C=C/C(=O)c3cccc(CN(C)C)c3)c2)c1. The van der Waals surface area contributed by atoms with Gasteiger partial charge in [-0.15, -0.1) is 0 Å². The predicted molar refractivity (Wildman–Crippen MR) is 143 cm³/mol. The number of nitrogens with zero attached hydrogens (tertiary/aromatic N) is 2. The molecule has 0 amide bonds. The van der Waals surface area contributed by atoms with Crippen molar-refractivity contribution in [3.63, 3.8) is 0 Å². The first-order valence-electron chi connectivity index (χ1n) is 11.7. The molecule has 0 aliphatic carbocycles. The number of carbonyl (C=O) groups is 1. The van der Waals surface area contributed by atoms with Crippen LogP contribution in [0.25, 0.3) is 17.2 Å². The minimum absolute atomic E-state index is 0.0170. The molecule has 0 saturated carbocycles. The molecule has 3 aromatic carbocycles. The maximum atomic E-state index is 13.0. The van der Waals surface area contributed by atoms with E-state index in [1.807, 2.05) is 64.6 Å². The number of benzene rings is 3. The molecule has 0 radical (unpaired) electrons. The first kappa shape index (κ1) is 25.4. The molecule has 0 aromatic heterocycles. The summed E-state index contributed by atoms with van der Waals surface area (Å²) in [7, 11) is 8.09. The average molecular weight is 457 g/mol. The van der Waals surface area contributed by atoms with E-state index < -0.39 is 0 Å². The van der Waals surface area contributed by atoms with E-state index in [1.54, 1.807) is 6.08 Å². The van der Waals surface area contributed by atoms with E-state index in [0.717, 1.165) is 41.1 Å². The third kappa shape index (κ3) is 7.41. The van der Waals surface area contributed by atoms with E-state index in [4.69, 9.17) is 4.74 Å². The zero-order chi connectivity index (χ0) is 24.7. The van der Waals surface area contributed by atoms with Gasteiger partial charge in [0.1, 0.15) is 12.4 Å². The van der Waals surface area contributed by atoms with E-state index in [2.05, 4.69) is 54.0 Å². The molecule has 0 saturated heterocycles. The maximum absolute atomic E-state index is 13.0. The predicted octanol–water partition coefficient (Wildman–Crippen LogP) is 5.87. The third-order valence-electron chi connectivity index (χ3n) is 5.49. The summed E-state index contributed by atoms with van der Waals surface area (Å²) >= 11 is 0. The van der Waals surface area contributed by atoms with E-state index in [1.165, 1.54) is 11.1 Å². The van der Waals surface area contributed by atoms with Crippen molar-refractivity contribution in [3.8, 4) is 16.9 Å². The summed E-state index contributed by atoms with van der Waals surface area (Å²) in [6.45, 7) is 6.42. The van der Waals surface area contributed by atoms with Crippen LogP contribution in [0.15, 0.2) is 66.7 Å². The van der Waals surface area contributed by atoms with Crippen molar-refractivity contribution in [3.05, 3.63) is 94.6 Å². The number of carbonyl (C=O) groups excluding carboxylic acids is 1. The molecule has 0 fully saturated rings. The lowest BCUT2D eigenvalue weighted by atomic mass is 9.98. The molecule has 3 aromatic rings. The fourth-order valence-electron chi connectivity index (χ4n) is 3.92. The van der Waals surface area contributed by atoms with Crippen LogP contribution in [0, 0.1) is 13.8 Å². The molecule has 4 heteroatoms. The van der Waals surface area contributed by atoms with E-state index in [-0.39, 0.29) is 5.78 Å². The summed E-state index contributed by atoms with van der Waals surface area (Å²) in [4.78, 5) is 17.1. The highest BCUT2D eigenvalue weighted by Gasteiger charge is 2.09. The van der Waals surface area contributed by atoms with E-state index in [9.17, 15) is 4.79 Å². The maximum Gasteiger partial charge on any atom is 0.185 e. The van der Waals surface area contributed by atoms with E-state index in [0.29, 0.717) is 12.2 Å². The highest BCUT2D eigenvalue weighted by Crippen LogP contribution is 2.29. The summed E-state index contributed by atoms with van der Waals surface area (Å²) in [6.07, 6.45) is 3.52. The number of aryl methyl sites for hydroxylation is 2. The van der Waals surface area contributed by atoms with Crippen molar-refractivity contribution in [1.82, 2.24) is 9.80 Å². The van der Waals surface area contributed by atoms with Crippen molar-refractivity contribution in [1.29, 1.82) is 0 Å². The number of hydrogen-bond acceptors (Lipinski definition) is 4. The Morgan fingerprint density at radius 3 is 2.26 bits per heavy atom. The molecule has 0 spiro atoms. The van der Waals surface area contributed by atoms with Crippen LogP contribution in [-0.4, -0.2) is 56.9 Å². The molecule has 3 rings (SSSR count). The van der Waals surface area contributed by atoms with Gasteiger partial charge in [-0.1, -0.05) is 53.6 Å². The van der Waals surface area contributed by atoms with Crippen molar-refractivity contribution in [2.24, 2.45) is 0 Å². The Labute approximate surface area is 204 Å². The first-order valence-corrected chi connectivity index (χ1v) is 11.7. The number of likely N-dealkylation sites (N-methyl/N-ethyl adjacent to an activating group) is 1. The Hall–Kier alpha value is -3.21. The molecule has 0 bridgehead atoms. The van der Waals surface area contributed by atoms with Crippen LogP contribution in [0.2, 0.25) is 0 Å². The molecule has 4 nitrogen and oxygen atoms in total. The quantitative estimate of drug-likeness (QED) is 0.282. The number of hydrogen-bond donors (Lipinski definition) is 0. The highest BCUT2D eigenvalue weighted by atomic mass is 16.5. The Bertz CT molecular complexity index is 1140. The third-order valence-corrected chi connectivity index (χ3v) is 5.49. The second kappa shape index (κ2) is 11.8. The van der Waals surface area contributed by atoms with Gasteiger partial charge in [0.15, 0.2) is 5.78 Å². The number of rotatable bonds is 10. The fourth-order valence-corrected chi connectivity index (χ4v) is 3.92. The lowest BCUT2D eigenvalue weighted by Gasteiger charge is -2.14. The molecular weight excluding hydrogens is 420 g/mol. The van der Waals surface area contributed by atoms with Crippen molar-refractivity contribution in [2.75, 3.05) is 41.3 Å². The van der Waals surface area contributed by atoms with Gasteiger partial charge in [-0.2, -0.15) is 0 Å². The van der Waals surface area contributed by atoms with Gasteiger partial charge in [-0.25, -0.2) is 0 Å². The fraction of sp³-hybridized carbons (Fsp3) is 0.300. The second-order valence-electron chi connectivity index (χ2n) is 9.42. The Morgan fingerprint density at radius 2 is 1.59 bits per heavy atom. The lowest BCUT2D eigenvalue weighted by Crippen LogP contribution is -2.19. The molecule has 34 heavy (non-hydrogen) atoms. The zero-order valence-electron chi connectivity index (χ0n) is 21.3. The largest absolute Gasteiger partial charge is 0.492 e. The summed E-state index contributed by atoms with van der Waals surface area (Å²) in [5.74, 6) is 0.761. The Kier molecular flexibility index (Phi) is 8.80. The molecule has 0 aliphatic heterocycles. The van der Waals surface area contributed by atoms with Gasteiger partial charge in [0, 0.05) is 24.2 Å². The van der Waals surface area contributed by atoms with Crippen molar-refractivity contribution in [2.45, 2.75) is 20.4 Å². The number of allylic oxidation sites excluding steroid dienone is 1. The monoisotopic (exact) mass is 456 g/mol. The van der Waals surface area contributed by atoms with Crippen LogP contribution in [-0.2, 0) is 6.54 Å². The Balaban J connectivity index is 1.91. The topological polar surface area (TPSA) is 32.8 Å². The standard InChI is InChI=1S/C30H36N2O2/c1-22-16-23(2)18-28(17-22)25-11-13-30(34-15-14-31(3)4)27(20-25)10-12-29(33)26-9-7-8-24(19-26)21-32(5)6/h7-13,16-20H,14-15,21H2,1-6H3/b12-10+. The van der Waals surface area contributed by atoms with Gasteiger partial charge in [0.05, 0.1) is 0 Å². The van der Waals surface area contributed by atoms with Crippen molar-refractivity contribution < 1.29 is 9.53 Å². The van der Waals surface area contributed by atoms with Crippen LogP contribution < -0.4 is 4.74 Å². The summed E-state index contributed by atoms with van der Waals surface area (Å²) in [6, 6.07) is 20.6. The van der Waals surface area contributed by atoms with Gasteiger partial charge in [-0.3, -0.25) is 4.79 Å². The van der Waals surface area contributed by atoms with Crippen LogP contribution in [0.3, 0.4) is 0 Å². The van der Waals surface area contributed by atoms with Gasteiger partial charge >= 0.3 is 0 Å². The summed E-state index contributed by atoms with van der Waals surface area (Å²) in [5, 5.41) is 0. The molecule has 0 N–H and O–H groups in total. The van der Waals surface area contributed by atoms with Gasteiger partial charge in [0.25, 0.3) is 0 Å². The second-order valence-corrected chi connectivity index (χ2v) is 9.42. The molecule has 0 aliphatic rings. The number of ketones is 1. The summed E-state index contributed by atoms with van der Waals surface area (Å²) < 4.78 is 6.08. The van der Waals surface area contributed by atoms with Crippen LogP contribution in [0.5, 0.6) is 5.75 Å². The van der Waals surface area contributed by atoms with Crippen LogP contribution in [0.1, 0.15) is 32.6 Å². The van der Waals surface area contributed by atoms with Gasteiger partial charge in [-0.05, 0) is 89.1 Å². The van der Waals surface area contributed by atoms with Crippen molar-refractivity contribution >= 4 is 11.9 Å². The Morgan fingerprint density at radius 1 is 0.853 bits per heavy atom. The van der Waals surface area contributed by atoms with Gasteiger partial charge in [0.2, 0.25) is 0 Å². The summed E-state index contributed by atoms with van der Waals surface area (Å²) in [5.41, 5.74) is 7.43. The minimum Gasteiger partial charge on any atom is -0.492 e. The highest BCUT2D eigenvalue weighted by molar-refractivity contribution is 6.07. The smallest absolute Gasteiger partial charge is 0.185 e. The molecule has 0 heterocycles. The van der Waals surface area contributed by atoms with E-state index >= 15 is 0 Å². The molecule has 178 valence electrons. The number of ether oxygens (including phenoxy) is 1. The zero-order valence-corrected chi connectivity index (χ0v) is 21.3. The minimum atomic E-state index is -0.0170. The average Bonchev–Trinajstić information content (AvgIpc) is 2.77. The molecule has 0 atom stereocenters. The first-order chi connectivity index (χ1) is 16.2. The molecular formula is C30H36N2O2. The molecule has 0 unspecified atom stereocenters. The normalized spacial score (nSPS) is 11.5. The van der Waals surface area contributed by atoms with Gasteiger partial charge < -0.3 is 14.5 Å². The van der Waals surface area contributed by atoms with Crippen LogP contribution >= 0.6 is 0 Å².